The first-order valence-electron chi connectivity index (χ1n) is 6.88. The first-order chi connectivity index (χ1) is 11.1. The van der Waals surface area contributed by atoms with Crippen LogP contribution in [0.4, 0.5) is 11.8 Å². The average Bonchev–Trinajstić information content (AvgIpc) is 3.03. The second kappa shape index (κ2) is 5.73. The third-order valence-corrected chi connectivity index (χ3v) is 3.24. The molecule has 2 aromatic heterocycles. The van der Waals surface area contributed by atoms with Crippen molar-refractivity contribution in [2.45, 2.75) is 13.3 Å². The van der Waals surface area contributed by atoms with Crippen molar-refractivity contribution in [2.75, 3.05) is 11.5 Å². The summed E-state index contributed by atoms with van der Waals surface area (Å²) in [7, 11) is 0. The first kappa shape index (κ1) is 14.5. The van der Waals surface area contributed by atoms with E-state index in [0.29, 0.717) is 29.5 Å². The molecule has 8 heteroatoms. The third kappa shape index (κ3) is 2.67. The van der Waals surface area contributed by atoms with E-state index in [0.717, 1.165) is 5.56 Å². The molecule has 1 aromatic carbocycles. The van der Waals surface area contributed by atoms with E-state index in [1.165, 1.54) is 0 Å². The van der Waals surface area contributed by atoms with E-state index in [4.69, 9.17) is 15.9 Å². The van der Waals surface area contributed by atoms with Gasteiger partial charge >= 0.3 is 0 Å². The summed E-state index contributed by atoms with van der Waals surface area (Å²) in [6, 6.07) is 9.18. The third-order valence-electron chi connectivity index (χ3n) is 3.24. The van der Waals surface area contributed by atoms with Crippen molar-refractivity contribution in [3.63, 3.8) is 0 Å². The Hall–Kier alpha value is -3.47. The highest BCUT2D eigenvalue weighted by Gasteiger charge is 2.14. The number of hydrogen-bond donors (Lipinski definition) is 2. The molecule has 0 unspecified atom stereocenters. The van der Waals surface area contributed by atoms with Gasteiger partial charge in [-0.2, -0.15) is 10.2 Å². The number of benzene rings is 1. The molecule has 0 aliphatic carbocycles. The Morgan fingerprint density at radius 3 is 2.39 bits per heavy atom. The van der Waals surface area contributed by atoms with Crippen LogP contribution in [0.15, 0.2) is 28.7 Å². The molecule has 0 atom stereocenters. The van der Waals surface area contributed by atoms with Crippen LogP contribution < -0.4 is 11.5 Å². The van der Waals surface area contributed by atoms with Crippen LogP contribution in [-0.4, -0.2) is 20.2 Å². The predicted molar refractivity (Wildman–Crippen MR) is 83.7 cm³/mol. The molecule has 0 saturated heterocycles. The molecule has 0 aliphatic rings. The number of aryl methyl sites for hydroxylation is 1. The maximum atomic E-state index is 9.23. The summed E-state index contributed by atoms with van der Waals surface area (Å²) in [5, 5.41) is 17.1. The number of nitrogens with zero attached hydrogens (tertiary/aromatic N) is 5. The van der Waals surface area contributed by atoms with Crippen LogP contribution in [-0.2, 0) is 6.42 Å². The molecule has 4 N–H and O–H groups in total. The summed E-state index contributed by atoms with van der Waals surface area (Å²) in [5.41, 5.74) is 13.4. The van der Waals surface area contributed by atoms with Gasteiger partial charge in [-0.1, -0.05) is 19.1 Å². The van der Waals surface area contributed by atoms with E-state index in [2.05, 4.69) is 20.2 Å². The van der Waals surface area contributed by atoms with Crippen molar-refractivity contribution in [3.05, 3.63) is 35.7 Å². The average molecular weight is 307 g/mol. The highest BCUT2D eigenvalue weighted by molar-refractivity contribution is 5.74. The second-order valence-corrected chi connectivity index (χ2v) is 4.73. The zero-order valence-electron chi connectivity index (χ0n) is 12.3. The van der Waals surface area contributed by atoms with Crippen LogP contribution >= 0.6 is 0 Å². The van der Waals surface area contributed by atoms with Gasteiger partial charge in [-0.15, -0.1) is 10.2 Å². The van der Waals surface area contributed by atoms with Crippen molar-refractivity contribution in [2.24, 2.45) is 0 Å². The Labute approximate surface area is 131 Å². The van der Waals surface area contributed by atoms with Gasteiger partial charge < -0.3 is 15.9 Å². The number of rotatable bonds is 3. The molecule has 3 rings (SSSR count). The fraction of sp³-hybridized carbons (Fsp3) is 0.133. The summed E-state index contributed by atoms with van der Waals surface area (Å²) in [6.45, 7) is 1.94. The van der Waals surface area contributed by atoms with Crippen molar-refractivity contribution in [1.82, 2.24) is 20.2 Å². The van der Waals surface area contributed by atoms with E-state index in [1.54, 1.807) is 24.3 Å². The number of anilines is 2. The quantitative estimate of drug-likeness (QED) is 0.746. The second-order valence-electron chi connectivity index (χ2n) is 4.73. The van der Waals surface area contributed by atoms with Crippen LogP contribution in [0.2, 0.25) is 0 Å². The number of aromatic nitrogens is 4. The number of nitrogen functional groups attached to an aromatic ring is 2. The molecule has 0 radical (unpaired) electrons. The van der Waals surface area contributed by atoms with Crippen LogP contribution in [0, 0.1) is 11.3 Å². The molecule has 0 amide bonds. The van der Waals surface area contributed by atoms with Crippen LogP contribution in [0.1, 0.15) is 18.4 Å². The van der Waals surface area contributed by atoms with E-state index < -0.39 is 0 Å². The molecule has 3 aromatic rings. The predicted octanol–water partition coefficient (Wildman–Crippen LogP) is 1.79. The summed E-state index contributed by atoms with van der Waals surface area (Å²) >= 11 is 0. The van der Waals surface area contributed by atoms with Crippen LogP contribution in [0.25, 0.3) is 22.7 Å². The SMILES string of the molecule is CCc1nnc(-c2ccc(-c3nc(N)nc(N)c3C#N)cc2)o1. The highest BCUT2D eigenvalue weighted by Crippen LogP contribution is 2.27. The minimum absolute atomic E-state index is 0.0186. The lowest BCUT2D eigenvalue weighted by Crippen LogP contribution is -2.04. The molecule has 0 aliphatic heterocycles. The molecule has 0 fully saturated rings. The maximum Gasteiger partial charge on any atom is 0.247 e. The Kier molecular flexibility index (Phi) is 3.60. The summed E-state index contributed by atoms with van der Waals surface area (Å²) in [4.78, 5) is 7.90. The zero-order chi connectivity index (χ0) is 16.4. The fourth-order valence-corrected chi connectivity index (χ4v) is 2.10. The lowest BCUT2D eigenvalue weighted by molar-refractivity contribution is 0.513. The Morgan fingerprint density at radius 2 is 1.78 bits per heavy atom. The summed E-state index contributed by atoms with van der Waals surface area (Å²) in [6.07, 6.45) is 0.677. The number of nitriles is 1. The lowest BCUT2D eigenvalue weighted by atomic mass is 10.1. The largest absolute Gasteiger partial charge is 0.421 e. The van der Waals surface area contributed by atoms with Crippen LogP contribution in [0.3, 0.4) is 0 Å². The molecular formula is C15H13N7O. The van der Waals surface area contributed by atoms with Crippen molar-refractivity contribution >= 4 is 11.8 Å². The topological polar surface area (TPSA) is 141 Å². The van der Waals surface area contributed by atoms with E-state index in [1.807, 2.05) is 13.0 Å². The molecule has 23 heavy (non-hydrogen) atoms. The van der Waals surface area contributed by atoms with Crippen molar-refractivity contribution in [1.29, 1.82) is 5.26 Å². The highest BCUT2D eigenvalue weighted by atomic mass is 16.4. The molecule has 2 heterocycles. The molecule has 0 spiro atoms. The van der Waals surface area contributed by atoms with Gasteiger partial charge in [0.25, 0.3) is 0 Å². The van der Waals surface area contributed by atoms with Gasteiger partial charge in [0.2, 0.25) is 17.7 Å². The minimum atomic E-state index is 0.0186. The zero-order valence-corrected chi connectivity index (χ0v) is 12.3. The summed E-state index contributed by atoms with van der Waals surface area (Å²) < 4.78 is 5.51. The Bertz CT molecular complexity index is 893. The van der Waals surface area contributed by atoms with Gasteiger partial charge in [-0.3, -0.25) is 0 Å². The van der Waals surface area contributed by atoms with Crippen molar-refractivity contribution in [3.8, 4) is 28.8 Å². The molecule has 0 bridgehead atoms. The van der Waals surface area contributed by atoms with Gasteiger partial charge in [0, 0.05) is 17.5 Å². The minimum Gasteiger partial charge on any atom is -0.421 e. The molecule has 114 valence electrons. The normalized spacial score (nSPS) is 10.4. The smallest absolute Gasteiger partial charge is 0.247 e. The molecule has 0 saturated carbocycles. The summed E-state index contributed by atoms with van der Waals surface area (Å²) in [5.74, 6) is 1.09. The van der Waals surface area contributed by atoms with Crippen LogP contribution in [0.5, 0.6) is 0 Å². The standard InChI is InChI=1S/C15H13N7O/c1-2-11-21-22-14(23-11)9-5-3-8(4-6-9)12-10(7-16)13(17)20-15(18)19-12/h3-6H,2H2,1H3,(H4,17,18,19,20). The Balaban J connectivity index is 2.02. The lowest BCUT2D eigenvalue weighted by Gasteiger charge is -2.06. The first-order valence-corrected chi connectivity index (χ1v) is 6.88. The monoisotopic (exact) mass is 307 g/mol. The number of hydrogen-bond acceptors (Lipinski definition) is 8. The fourth-order valence-electron chi connectivity index (χ4n) is 2.10. The maximum absolute atomic E-state index is 9.23. The van der Waals surface area contributed by atoms with E-state index in [-0.39, 0.29) is 17.3 Å². The Morgan fingerprint density at radius 1 is 1.09 bits per heavy atom. The van der Waals surface area contributed by atoms with Gasteiger partial charge in [0.1, 0.15) is 17.5 Å². The van der Waals surface area contributed by atoms with E-state index in [9.17, 15) is 5.26 Å². The van der Waals surface area contributed by atoms with Gasteiger partial charge in [-0.25, -0.2) is 4.98 Å². The van der Waals surface area contributed by atoms with Gasteiger partial charge in [0.05, 0.1) is 5.69 Å². The molecular weight excluding hydrogens is 294 g/mol. The van der Waals surface area contributed by atoms with E-state index >= 15 is 0 Å². The van der Waals surface area contributed by atoms with Crippen molar-refractivity contribution < 1.29 is 4.42 Å². The van der Waals surface area contributed by atoms with Gasteiger partial charge in [-0.05, 0) is 12.1 Å². The van der Waals surface area contributed by atoms with Gasteiger partial charge in [0.15, 0.2) is 0 Å². The molecule has 8 nitrogen and oxygen atoms in total. The number of nitrogens with two attached hydrogens (primary N) is 2.